The molecule has 5 heteroatoms. The van der Waals surface area contributed by atoms with Crippen molar-refractivity contribution in [1.29, 1.82) is 0 Å². The molecule has 0 radical (unpaired) electrons. The maximum atomic E-state index is 15.0. The van der Waals surface area contributed by atoms with E-state index < -0.39 is 0 Å². The lowest BCUT2D eigenvalue weighted by Gasteiger charge is -2.20. The van der Waals surface area contributed by atoms with Crippen LogP contribution in [0.1, 0.15) is 67.2 Å². The summed E-state index contributed by atoms with van der Waals surface area (Å²) in [6.45, 7) is 19.0. The van der Waals surface area contributed by atoms with Gasteiger partial charge in [0.1, 0.15) is 17.2 Å². The third kappa shape index (κ3) is 7.68. The van der Waals surface area contributed by atoms with Gasteiger partial charge in [0, 0.05) is 41.1 Å². The second-order valence-electron chi connectivity index (χ2n) is 10.0. The van der Waals surface area contributed by atoms with Gasteiger partial charge in [-0.3, -0.25) is 4.40 Å². The van der Waals surface area contributed by atoms with Crippen molar-refractivity contribution in [3.05, 3.63) is 93.8 Å². The van der Waals surface area contributed by atoms with Crippen LogP contribution in [0.4, 0.5) is 4.39 Å². The van der Waals surface area contributed by atoms with Crippen LogP contribution >= 0.6 is 11.6 Å². The summed E-state index contributed by atoms with van der Waals surface area (Å²) in [5.41, 5.74) is 4.76. The van der Waals surface area contributed by atoms with E-state index in [1.54, 1.807) is 12.1 Å². The summed E-state index contributed by atoms with van der Waals surface area (Å²) in [4.78, 5) is 7.31. The maximum Gasteiger partial charge on any atom is 0.137 e. The van der Waals surface area contributed by atoms with Gasteiger partial charge in [-0.15, -0.1) is 0 Å². The first kappa shape index (κ1) is 32.1. The van der Waals surface area contributed by atoms with Crippen molar-refractivity contribution >= 4 is 29.9 Å². The van der Waals surface area contributed by atoms with Gasteiger partial charge in [-0.2, -0.15) is 0 Å². The lowest BCUT2D eigenvalue weighted by Crippen LogP contribution is -2.26. The highest BCUT2D eigenvalue weighted by Gasteiger charge is 2.21. The first-order valence-electron chi connectivity index (χ1n) is 15.1. The van der Waals surface area contributed by atoms with Crippen LogP contribution in [0, 0.1) is 11.7 Å². The molecule has 0 amide bonds. The number of unbranched alkanes of at least 4 members (excludes halogenated alkanes) is 2. The fourth-order valence-corrected chi connectivity index (χ4v) is 5.25. The number of nitrogens with zero attached hydrogens (tertiary/aromatic N) is 3. The van der Waals surface area contributed by atoms with Crippen molar-refractivity contribution in [2.45, 2.75) is 67.2 Å². The molecule has 4 aromatic rings. The number of benzene rings is 2. The van der Waals surface area contributed by atoms with Crippen LogP contribution in [0.5, 0.6) is 0 Å². The largest absolute Gasteiger partial charge is 0.371 e. The molecule has 2 aromatic heterocycles. The van der Waals surface area contributed by atoms with Gasteiger partial charge < -0.3 is 4.90 Å². The molecule has 218 valence electrons. The molecule has 1 atom stereocenters. The van der Waals surface area contributed by atoms with Gasteiger partial charge in [0.2, 0.25) is 0 Å². The molecule has 1 saturated heterocycles. The monoisotopic (exact) mass is 573 g/mol. The van der Waals surface area contributed by atoms with Gasteiger partial charge in [-0.05, 0) is 71.7 Å². The average molecular weight is 574 g/mol. The number of allylic oxidation sites excluding steroid dienone is 2. The van der Waals surface area contributed by atoms with Crippen molar-refractivity contribution in [3.63, 3.8) is 0 Å². The number of imidazole rings is 1. The minimum absolute atomic E-state index is 0.348. The molecule has 0 spiro atoms. The average Bonchev–Trinajstić information content (AvgIpc) is 3.61. The van der Waals surface area contributed by atoms with E-state index in [9.17, 15) is 0 Å². The molecular formula is C36H45ClFN3. The molecule has 1 fully saturated rings. The zero-order valence-electron chi connectivity index (χ0n) is 25.6. The van der Waals surface area contributed by atoms with Gasteiger partial charge in [0.05, 0.1) is 5.69 Å². The molecule has 41 heavy (non-hydrogen) atoms. The maximum absolute atomic E-state index is 15.0. The van der Waals surface area contributed by atoms with Crippen molar-refractivity contribution in [2.24, 2.45) is 5.92 Å². The van der Waals surface area contributed by atoms with Gasteiger partial charge in [-0.1, -0.05) is 96.8 Å². The standard InChI is InChI=1S/C32H33ClFN3.2C2H6/c1-4-5-6-9-27(36-17-15-22(2)21-36)19-25-18-24(12-11-23(25)3)32-31(28-20-26(33)13-14-29(28)34)35-30-10-7-8-16-37(30)32;2*1-2/h7-14,16,18-20,22H,3-6,15,17,21H2,1-2H3;2*1-2H3/b25-19-,27-9+;;. The van der Waals surface area contributed by atoms with Crippen LogP contribution < -0.4 is 10.4 Å². The van der Waals surface area contributed by atoms with E-state index in [4.69, 9.17) is 16.6 Å². The van der Waals surface area contributed by atoms with Crippen LogP contribution in [-0.4, -0.2) is 27.4 Å². The quantitative estimate of drug-likeness (QED) is 0.205. The van der Waals surface area contributed by atoms with Gasteiger partial charge in [0.25, 0.3) is 0 Å². The Kier molecular flexibility index (Phi) is 12.2. The number of likely N-dealkylation sites (tertiary alicyclic amines) is 1. The van der Waals surface area contributed by atoms with E-state index in [2.05, 4.69) is 43.5 Å². The van der Waals surface area contributed by atoms with E-state index in [1.165, 1.54) is 31.0 Å². The topological polar surface area (TPSA) is 20.5 Å². The van der Waals surface area contributed by atoms with Gasteiger partial charge in [-0.25, -0.2) is 9.37 Å². The molecule has 0 saturated carbocycles. The number of hydrogen-bond donors (Lipinski definition) is 0. The molecular weight excluding hydrogens is 529 g/mol. The Hall–Kier alpha value is -3.37. The predicted molar refractivity (Wildman–Crippen MR) is 176 cm³/mol. The van der Waals surface area contributed by atoms with Gasteiger partial charge in [0.15, 0.2) is 0 Å². The summed E-state index contributed by atoms with van der Waals surface area (Å²) in [5.74, 6) is 0.348. The molecule has 5 rings (SSSR count). The SMILES string of the molecule is C=c1ccc(-c2c(-c3cc(Cl)ccc3F)nc3ccccn23)c/c1=C/C(=C\CCCC)N1CCC(C)C1.CC.CC. The van der Waals surface area contributed by atoms with Crippen LogP contribution in [0.25, 0.3) is 40.8 Å². The normalized spacial score (nSPS) is 15.4. The highest BCUT2D eigenvalue weighted by Crippen LogP contribution is 2.34. The van der Waals surface area contributed by atoms with E-state index in [-0.39, 0.29) is 5.82 Å². The Bertz CT molecular complexity index is 1570. The van der Waals surface area contributed by atoms with Gasteiger partial charge >= 0.3 is 0 Å². The molecule has 0 N–H and O–H groups in total. The summed E-state index contributed by atoms with van der Waals surface area (Å²) in [6, 6.07) is 16.7. The molecule has 1 unspecified atom stereocenters. The van der Waals surface area contributed by atoms with E-state index in [1.807, 2.05) is 68.6 Å². The second-order valence-corrected chi connectivity index (χ2v) is 10.5. The fraction of sp³-hybridized carbons (Fsp3) is 0.361. The Morgan fingerprint density at radius 3 is 2.59 bits per heavy atom. The van der Waals surface area contributed by atoms with E-state index in [0.29, 0.717) is 22.2 Å². The lowest BCUT2D eigenvalue weighted by molar-refractivity contribution is 0.426. The number of rotatable bonds is 7. The first-order chi connectivity index (χ1) is 19.9. The highest BCUT2D eigenvalue weighted by atomic mass is 35.5. The predicted octanol–water partition coefficient (Wildman–Crippen LogP) is 9.12. The minimum atomic E-state index is -0.348. The second kappa shape index (κ2) is 15.6. The number of hydrogen-bond acceptors (Lipinski definition) is 2. The van der Waals surface area contributed by atoms with E-state index in [0.717, 1.165) is 46.9 Å². The molecule has 0 aliphatic carbocycles. The summed E-state index contributed by atoms with van der Waals surface area (Å²) in [7, 11) is 0. The highest BCUT2D eigenvalue weighted by molar-refractivity contribution is 6.30. The molecule has 1 aliphatic heterocycles. The van der Waals surface area contributed by atoms with Crippen LogP contribution in [0.15, 0.2) is 72.6 Å². The molecule has 2 aromatic carbocycles. The zero-order chi connectivity index (χ0) is 29.9. The summed E-state index contributed by atoms with van der Waals surface area (Å²) in [5, 5.41) is 2.49. The summed E-state index contributed by atoms with van der Waals surface area (Å²) in [6.07, 6.45) is 11.2. The number of halogens is 2. The fourth-order valence-electron chi connectivity index (χ4n) is 5.08. The number of aromatic nitrogens is 2. The van der Waals surface area contributed by atoms with Crippen molar-refractivity contribution in [2.75, 3.05) is 13.1 Å². The van der Waals surface area contributed by atoms with Crippen molar-refractivity contribution in [3.8, 4) is 22.5 Å². The molecule has 3 nitrogen and oxygen atoms in total. The Morgan fingerprint density at radius 2 is 1.88 bits per heavy atom. The summed E-state index contributed by atoms with van der Waals surface area (Å²) >= 11 is 6.27. The third-order valence-electron chi connectivity index (χ3n) is 7.14. The molecule has 1 aliphatic rings. The third-order valence-corrected chi connectivity index (χ3v) is 7.37. The molecule has 3 heterocycles. The van der Waals surface area contributed by atoms with E-state index >= 15 is 4.39 Å². The number of pyridine rings is 1. The Labute approximate surface area is 250 Å². The first-order valence-corrected chi connectivity index (χ1v) is 15.5. The smallest absolute Gasteiger partial charge is 0.137 e. The lowest BCUT2D eigenvalue weighted by atomic mass is 10.0. The Morgan fingerprint density at radius 1 is 1.10 bits per heavy atom. The van der Waals surface area contributed by atoms with Crippen LogP contribution in [0.3, 0.4) is 0 Å². The molecule has 0 bridgehead atoms. The minimum Gasteiger partial charge on any atom is -0.371 e. The van der Waals surface area contributed by atoms with Crippen molar-refractivity contribution in [1.82, 2.24) is 14.3 Å². The summed E-state index contributed by atoms with van der Waals surface area (Å²) < 4.78 is 17.0. The van der Waals surface area contributed by atoms with Crippen molar-refractivity contribution < 1.29 is 4.39 Å². The van der Waals surface area contributed by atoms with Crippen LogP contribution in [0.2, 0.25) is 5.02 Å². The Balaban J connectivity index is 0.00000111. The zero-order valence-corrected chi connectivity index (χ0v) is 26.3. The number of fused-ring (bicyclic) bond motifs is 1. The van der Waals surface area contributed by atoms with Crippen LogP contribution in [-0.2, 0) is 0 Å².